The fourth-order valence-electron chi connectivity index (χ4n) is 1.28. The normalized spacial score (nSPS) is 12.8. The number of carbonyl (C=O) groups excluding carboxylic acids is 1. The predicted octanol–water partition coefficient (Wildman–Crippen LogP) is 1.73. The largest absolute Gasteiger partial charge is 0.464 e. The molecule has 16 heavy (non-hydrogen) atoms. The number of nitrogens with one attached hydrogen (secondary N) is 1. The van der Waals surface area contributed by atoms with Crippen LogP contribution in [0.3, 0.4) is 0 Å². The maximum absolute atomic E-state index is 11.4. The van der Waals surface area contributed by atoms with E-state index in [1.807, 2.05) is 6.92 Å². The Labute approximate surface area is 98.7 Å². The first-order valence-corrected chi connectivity index (χ1v) is 6.13. The van der Waals surface area contributed by atoms with Crippen molar-refractivity contribution in [3.05, 3.63) is 0 Å². The van der Waals surface area contributed by atoms with Crippen molar-refractivity contribution in [2.45, 2.75) is 52.7 Å². The van der Waals surface area contributed by atoms with Crippen LogP contribution in [-0.4, -0.2) is 37.9 Å². The molecule has 0 bridgehead atoms. The van der Waals surface area contributed by atoms with Crippen LogP contribution in [0.1, 0.15) is 40.5 Å². The molecule has 0 aliphatic rings. The minimum absolute atomic E-state index is 0.248. The third-order valence-electron chi connectivity index (χ3n) is 2.11. The molecule has 0 aromatic heterocycles. The van der Waals surface area contributed by atoms with Crippen LogP contribution in [0.2, 0.25) is 0 Å². The molecule has 0 amide bonds. The average Bonchev–Trinajstić information content (AvgIpc) is 2.23. The minimum Gasteiger partial charge on any atom is -0.464 e. The number of esters is 1. The Bertz CT molecular complexity index is 183. The summed E-state index contributed by atoms with van der Waals surface area (Å²) in [6.45, 7) is 9.86. The van der Waals surface area contributed by atoms with Gasteiger partial charge in [-0.15, -0.1) is 0 Å². The van der Waals surface area contributed by atoms with Gasteiger partial charge in [-0.1, -0.05) is 20.8 Å². The summed E-state index contributed by atoms with van der Waals surface area (Å²) in [6, 6.07) is 0.493. The van der Waals surface area contributed by atoms with E-state index in [-0.39, 0.29) is 5.97 Å². The van der Waals surface area contributed by atoms with Crippen molar-refractivity contribution < 1.29 is 14.3 Å². The molecule has 0 rings (SSSR count). The van der Waals surface area contributed by atoms with E-state index in [0.717, 1.165) is 13.0 Å². The van der Waals surface area contributed by atoms with Crippen molar-refractivity contribution in [1.82, 2.24) is 5.32 Å². The first-order chi connectivity index (χ1) is 7.61. The molecule has 0 aliphatic carbocycles. The van der Waals surface area contributed by atoms with Crippen molar-refractivity contribution in [1.29, 1.82) is 0 Å². The van der Waals surface area contributed by atoms with Crippen LogP contribution >= 0.6 is 0 Å². The lowest BCUT2D eigenvalue weighted by Gasteiger charge is -2.15. The fraction of sp³-hybridized carbons (Fsp3) is 0.917. The van der Waals surface area contributed by atoms with Crippen LogP contribution in [0.5, 0.6) is 0 Å². The highest BCUT2D eigenvalue weighted by molar-refractivity contribution is 5.74. The molecule has 0 saturated carbocycles. The van der Waals surface area contributed by atoms with Crippen LogP contribution < -0.4 is 5.32 Å². The van der Waals surface area contributed by atoms with Gasteiger partial charge in [0.25, 0.3) is 0 Å². The van der Waals surface area contributed by atoms with E-state index < -0.39 is 6.10 Å². The molecule has 4 nitrogen and oxygen atoms in total. The molecule has 1 N–H and O–H groups in total. The van der Waals surface area contributed by atoms with Crippen LogP contribution in [-0.2, 0) is 14.3 Å². The van der Waals surface area contributed by atoms with E-state index in [0.29, 0.717) is 25.7 Å². The molecule has 0 spiro atoms. The predicted molar refractivity (Wildman–Crippen MR) is 64.4 cm³/mol. The number of hydrogen-bond donors (Lipinski definition) is 1. The Morgan fingerprint density at radius 2 is 2.00 bits per heavy atom. The second kappa shape index (κ2) is 9.60. The van der Waals surface area contributed by atoms with E-state index >= 15 is 0 Å². The Kier molecular flexibility index (Phi) is 9.24. The molecule has 0 saturated heterocycles. The third kappa shape index (κ3) is 7.65. The molecular weight excluding hydrogens is 206 g/mol. The standard InChI is InChI=1S/C12H25NO3/c1-5-11(12(14)15-6-2)16-9-7-8-13-10(3)4/h10-11,13H,5-9H2,1-4H3. The maximum Gasteiger partial charge on any atom is 0.335 e. The summed E-state index contributed by atoms with van der Waals surface area (Å²) in [7, 11) is 0. The lowest BCUT2D eigenvalue weighted by molar-refractivity contribution is -0.156. The van der Waals surface area contributed by atoms with Crippen molar-refractivity contribution >= 4 is 5.97 Å². The summed E-state index contributed by atoms with van der Waals surface area (Å²) < 4.78 is 10.4. The van der Waals surface area contributed by atoms with E-state index in [9.17, 15) is 4.79 Å². The molecule has 0 fully saturated rings. The van der Waals surface area contributed by atoms with Crippen molar-refractivity contribution in [2.75, 3.05) is 19.8 Å². The summed E-state index contributed by atoms with van der Waals surface area (Å²) in [6.07, 6.45) is 1.17. The van der Waals surface area contributed by atoms with Crippen molar-refractivity contribution in [2.24, 2.45) is 0 Å². The second-order valence-corrected chi connectivity index (χ2v) is 3.98. The van der Waals surface area contributed by atoms with Gasteiger partial charge in [-0.3, -0.25) is 0 Å². The first kappa shape index (κ1) is 15.4. The lowest BCUT2D eigenvalue weighted by atomic mass is 10.3. The number of carbonyl (C=O) groups is 1. The molecule has 0 heterocycles. The molecule has 96 valence electrons. The Hall–Kier alpha value is -0.610. The monoisotopic (exact) mass is 231 g/mol. The van der Waals surface area contributed by atoms with Crippen LogP contribution in [0, 0.1) is 0 Å². The summed E-state index contributed by atoms with van der Waals surface area (Å²) in [5.74, 6) is -0.248. The molecule has 0 aromatic carbocycles. The molecule has 0 aliphatic heterocycles. The number of rotatable bonds is 9. The quantitative estimate of drug-likeness (QED) is 0.485. The molecule has 0 aromatic rings. The summed E-state index contributed by atoms with van der Waals surface area (Å²) in [4.78, 5) is 11.4. The molecule has 4 heteroatoms. The van der Waals surface area contributed by atoms with E-state index in [1.54, 1.807) is 6.92 Å². The highest BCUT2D eigenvalue weighted by atomic mass is 16.6. The summed E-state index contributed by atoms with van der Waals surface area (Å²) >= 11 is 0. The topological polar surface area (TPSA) is 47.6 Å². The molecule has 1 atom stereocenters. The Morgan fingerprint density at radius 3 is 2.50 bits per heavy atom. The van der Waals surface area contributed by atoms with Crippen molar-refractivity contribution in [3.8, 4) is 0 Å². The second-order valence-electron chi connectivity index (χ2n) is 3.98. The highest BCUT2D eigenvalue weighted by Gasteiger charge is 2.17. The van der Waals surface area contributed by atoms with E-state index in [1.165, 1.54) is 0 Å². The van der Waals surface area contributed by atoms with Gasteiger partial charge in [0.05, 0.1) is 6.61 Å². The van der Waals surface area contributed by atoms with Gasteiger partial charge < -0.3 is 14.8 Å². The van der Waals surface area contributed by atoms with Crippen molar-refractivity contribution in [3.63, 3.8) is 0 Å². The van der Waals surface area contributed by atoms with Gasteiger partial charge >= 0.3 is 5.97 Å². The van der Waals surface area contributed by atoms with Gasteiger partial charge in [0.15, 0.2) is 6.10 Å². The number of ether oxygens (including phenoxy) is 2. The zero-order valence-electron chi connectivity index (χ0n) is 10.9. The zero-order chi connectivity index (χ0) is 12.4. The van der Waals surface area contributed by atoms with Gasteiger partial charge in [-0.25, -0.2) is 4.79 Å². The molecule has 1 unspecified atom stereocenters. The fourth-order valence-corrected chi connectivity index (χ4v) is 1.28. The third-order valence-corrected chi connectivity index (χ3v) is 2.11. The SMILES string of the molecule is CCOC(=O)C(CC)OCCCNC(C)C. The molecule has 0 radical (unpaired) electrons. The van der Waals surface area contributed by atoms with Crippen LogP contribution in [0.15, 0.2) is 0 Å². The Balaban J connectivity index is 3.59. The Morgan fingerprint density at radius 1 is 1.31 bits per heavy atom. The highest BCUT2D eigenvalue weighted by Crippen LogP contribution is 2.01. The smallest absolute Gasteiger partial charge is 0.335 e. The number of hydrogen-bond acceptors (Lipinski definition) is 4. The zero-order valence-corrected chi connectivity index (χ0v) is 10.9. The van der Waals surface area contributed by atoms with E-state index in [2.05, 4.69) is 19.2 Å². The van der Waals surface area contributed by atoms with E-state index in [4.69, 9.17) is 9.47 Å². The average molecular weight is 231 g/mol. The maximum atomic E-state index is 11.4. The first-order valence-electron chi connectivity index (χ1n) is 6.13. The summed E-state index contributed by atoms with van der Waals surface area (Å²) in [5.41, 5.74) is 0. The molecular formula is C12H25NO3. The van der Waals surface area contributed by atoms with Gasteiger partial charge in [0.1, 0.15) is 0 Å². The lowest BCUT2D eigenvalue weighted by Crippen LogP contribution is -2.28. The van der Waals surface area contributed by atoms with Gasteiger partial charge in [0.2, 0.25) is 0 Å². The van der Waals surface area contributed by atoms with Gasteiger partial charge in [0, 0.05) is 12.6 Å². The van der Waals surface area contributed by atoms with Gasteiger partial charge in [-0.05, 0) is 26.3 Å². The minimum atomic E-state index is -0.404. The van der Waals surface area contributed by atoms with Gasteiger partial charge in [-0.2, -0.15) is 0 Å². The van der Waals surface area contributed by atoms with Crippen LogP contribution in [0.25, 0.3) is 0 Å². The van der Waals surface area contributed by atoms with Crippen LogP contribution in [0.4, 0.5) is 0 Å². The summed E-state index contributed by atoms with van der Waals surface area (Å²) in [5, 5.41) is 3.30.